The van der Waals surface area contributed by atoms with E-state index in [2.05, 4.69) is 5.32 Å². The second-order valence-electron chi connectivity index (χ2n) is 7.83. The summed E-state index contributed by atoms with van der Waals surface area (Å²) in [5, 5.41) is 11.8. The standard InChI is InChI=1S/C25H30N2O4/c1-19(2)26-24(29)25(15-6-10-20-8-4-3-5-9-20)18-31-23(27-25)21-11-13-22(14-12-21)30-17-7-16-28/h3-6,8-14,19,28H,7,15-18H2,1-2H3,(H,26,29)/b10-6+/t25-/m1/s1. The Hall–Kier alpha value is -3.12. The summed E-state index contributed by atoms with van der Waals surface area (Å²) in [6, 6.07) is 17.4. The van der Waals surface area contributed by atoms with Gasteiger partial charge >= 0.3 is 0 Å². The molecule has 2 N–H and O–H groups in total. The Morgan fingerprint density at radius 1 is 1.23 bits per heavy atom. The van der Waals surface area contributed by atoms with Crippen LogP contribution in [0.25, 0.3) is 6.08 Å². The highest BCUT2D eigenvalue weighted by atomic mass is 16.5. The lowest BCUT2D eigenvalue weighted by molar-refractivity contribution is -0.127. The lowest BCUT2D eigenvalue weighted by atomic mass is 9.95. The molecule has 0 unspecified atom stereocenters. The molecule has 6 nitrogen and oxygen atoms in total. The quantitative estimate of drug-likeness (QED) is 0.574. The van der Waals surface area contributed by atoms with Crippen LogP contribution in [0.2, 0.25) is 0 Å². The summed E-state index contributed by atoms with van der Waals surface area (Å²) in [6.07, 6.45) is 4.99. The number of nitrogens with one attached hydrogen (secondary N) is 1. The summed E-state index contributed by atoms with van der Waals surface area (Å²) in [5.41, 5.74) is 0.865. The van der Waals surface area contributed by atoms with E-state index >= 15 is 0 Å². The number of rotatable bonds is 10. The lowest BCUT2D eigenvalue weighted by Gasteiger charge is -2.23. The summed E-state index contributed by atoms with van der Waals surface area (Å²) < 4.78 is 11.4. The van der Waals surface area contributed by atoms with Gasteiger partial charge in [-0.25, -0.2) is 4.99 Å². The fourth-order valence-electron chi connectivity index (χ4n) is 3.21. The highest BCUT2D eigenvalue weighted by molar-refractivity contribution is 6.00. The van der Waals surface area contributed by atoms with Gasteiger partial charge in [0.15, 0.2) is 5.54 Å². The molecule has 1 aliphatic rings. The highest BCUT2D eigenvalue weighted by Gasteiger charge is 2.43. The van der Waals surface area contributed by atoms with Crippen molar-refractivity contribution >= 4 is 17.9 Å². The van der Waals surface area contributed by atoms with Gasteiger partial charge in [0.05, 0.1) is 6.61 Å². The minimum Gasteiger partial charge on any atom is -0.494 e. The number of aliphatic imine (C=N–C) groups is 1. The molecule has 0 aromatic heterocycles. The molecule has 0 bridgehead atoms. The maximum atomic E-state index is 13.0. The third kappa shape index (κ3) is 6.18. The molecule has 2 aromatic rings. The summed E-state index contributed by atoms with van der Waals surface area (Å²) in [5.74, 6) is 1.03. The number of hydrogen-bond acceptors (Lipinski definition) is 5. The fourth-order valence-corrected chi connectivity index (χ4v) is 3.21. The molecule has 6 heteroatoms. The maximum Gasteiger partial charge on any atom is 0.252 e. The SMILES string of the molecule is CC(C)NC(=O)[C@@]1(C/C=C/c2ccccc2)COC(c2ccc(OCCCO)cc2)=N1. The predicted molar refractivity (Wildman–Crippen MR) is 122 cm³/mol. The number of carbonyl (C=O) groups is 1. The molecular formula is C25H30N2O4. The number of carbonyl (C=O) groups excluding carboxylic acids is 1. The number of aliphatic hydroxyl groups is 1. The number of benzene rings is 2. The van der Waals surface area contributed by atoms with Gasteiger partial charge in [-0.3, -0.25) is 4.79 Å². The first-order valence-electron chi connectivity index (χ1n) is 10.6. The summed E-state index contributed by atoms with van der Waals surface area (Å²) in [7, 11) is 0. The van der Waals surface area contributed by atoms with Crippen LogP contribution in [0.15, 0.2) is 65.7 Å². The zero-order valence-electron chi connectivity index (χ0n) is 18.1. The Morgan fingerprint density at radius 3 is 2.65 bits per heavy atom. The largest absolute Gasteiger partial charge is 0.494 e. The van der Waals surface area contributed by atoms with Crippen molar-refractivity contribution < 1.29 is 19.4 Å². The Kier molecular flexibility index (Phi) is 7.84. The Morgan fingerprint density at radius 2 is 1.97 bits per heavy atom. The van der Waals surface area contributed by atoms with E-state index in [-0.39, 0.29) is 25.2 Å². The maximum absolute atomic E-state index is 13.0. The number of hydrogen-bond donors (Lipinski definition) is 2. The van der Waals surface area contributed by atoms with E-state index in [1.807, 2.05) is 80.6 Å². The average Bonchev–Trinajstić information content (AvgIpc) is 3.20. The van der Waals surface area contributed by atoms with Crippen LogP contribution in [0.5, 0.6) is 5.75 Å². The van der Waals surface area contributed by atoms with Crippen molar-refractivity contribution in [1.82, 2.24) is 5.32 Å². The number of amides is 1. The van der Waals surface area contributed by atoms with Crippen LogP contribution in [0.4, 0.5) is 0 Å². The molecule has 0 aliphatic carbocycles. The molecule has 3 rings (SSSR count). The molecule has 1 heterocycles. The van der Waals surface area contributed by atoms with E-state index in [1.54, 1.807) is 0 Å². The van der Waals surface area contributed by atoms with Crippen LogP contribution in [-0.2, 0) is 9.53 Å². The third-order valence-corrected chi connectivity index (χ3v) is 4.84. The molecule has 1 aliphatic heterocycles. The fraction of sp³-hybridized carbons (Fsp3) is 0.360. The first kappa shape index (κ1) is 22.6. The lowest BCUT2D eigenvalue weighted by Crippen LogP contribution is -2.48. The second-order valence-corrected chi connectivity index (χ2v) is 7.83. The van der Waals surface area contributed by atoms with Crippen molar-refractivity contribution in [1.29, 1.82) is 0 Å². The minimum absolute atomic E-state index is 0.0112. The van der Waals surface area contributed by atoms with Gasteiger partial charge in [0.1, 0.15) is 12.4 Å². The molecule has 1 amide bonds. The Labute approximate surface area is 183 Å². The average molecular weight is 423 g/mol. The molecule has 0 radical (unpaired) electrons. The van der Waals surface area contributed by atoms with Gasteiger partial charge in [0.2, 0.25) is 5.90 Å². The molecule has 1 atom stereocenters. The van der Waals surface area contributed by atoms with E-state index < -0.39 is 5.54 Å². The molecule has 31 heavy (non-hydrogen) atoms. The van der Waals surface area contributed by atoms with Crippen LogP contribution in [0, 0.1) is 0 Å². The molecule has 0 saturated heterocycles. The van der Waals surface area contributed by atoms with Crippen molar-refractivity contribution in [2.45, 2.75) is 38.3 Å². The van der Waals surface area contributed by atoms with Gasteiger partial charge < -0.3 is 19.9 Å². The van der Waals surface area contributed by atoms with Crippen LogP contribution in [0.3, 0.4) is 0 Å². The van der Waals surface area contributed by atoms with Crippen molar-refractivity contribution in [2.75, 3.05) is 19.8 Å². The van der Waals surface area contributed by atoms with Crippen LogP contribution in [0.1, 0.15) is 37.8 Å². The summed E-state index contributed by atoms with van der Waals surface area (Å²) in [4.78, 5) is 17.8. The number of ether oxygens (including phenoxy) is 2. The van der Waals surface area contributed by atoms with Gasteiger partial charge in [0, 0.05) is 31.1 Å². The first-order valence-corrected chi connectivity index (χ1v) is 10.6. The monoisotopic (exact) mass is 422 g/mol. The second kappa shape index (κ2) is 10.8. The first-order chi connectivity index (χ1) is 15.0. The Bertz CT molecular complexity index is 907. The van der Waals surface area contributed by atoms with Crippen molar-refractivity contribution in [3.05, 3.63) is 71.8 Å². The summed E-state index contributed by atoms with van der Waals surface area (Å²) in [6.45, 7) is 4.61. The van der Waals surface area contributed by atoms with Crippen molar-refractivity contribution in [3.8, 4) is 5.75 Å². The predicted octanol–water partition coefficient (Wildman–Crippen LogP) is 3.59. The topological polar surface area (TPSA) is 80.2 Å². The van der Waals surface area contributed by atoms with Gasteiger partial charge in [-0.15, -0.1) is 0 Å². The molecule has 0 spiro atoms. The van der Waals surface area contributed by atoms with E-state index in [0.29, 0.717) is 31.1 Å². The smallest absolute Gasteiger partial charge is 0.252 e. The highest BCUT2D eigenvalue weighted by Crippen LogP contribution is 2.28. The van der Waals surface area contributed by atoms with Crippen LogP contribution >= 0.6 is 0 Å². The molecule has 164 valence electrons. The zero-order valence-corrected chi connectivity index (χ0v) is 18.1. The molecule has 0 fully saturated rings. The van der Waals surface area contributed by atoms with E-state index in [0.717, 1.165) is 11.1 Å². The number of aliphatic hydroxyl groups excluding tert-OH is 1. The normalized spacial score (nSPS) is 18.1. The van der Waals surface area contributed by atoms with Crippen LogP contribution < -0.4 is 10.1 Å². The zero-order chi connectivity index (χ0) is 22.1. The Balaban J connectivity index is 1.78. The molecule has 0 saturated carbocycles. The van der Waals surface area contributed by atoms with Gasteiger partial charge in [0.25, 0.3) is 5.91 Å². The third-order valence-electron chi connectivity index (χ3n) is 4.84. The molecular weight excluding hydrogens is 392 g/mol. The number of nitrogens with zero attached hydrogens (tertiary/aromatic N) is 1. The van der Waals surface area contributed by atoms with E-state index in [1.165, 1.54) is 0 Å². The van der Waals surface area contributed by atoms with E-state index in [9.17, 15) is 4.79 Å². The van der Waals surface area contributed by atoms with Crippen molar-refractivity contribution in [2.24, 2.45) is 4.99 Å². The molecule has 2 aromatic carbocycles. The van der Waals surface area contributed by atoms with Gasteiger partial charge in [-0.1, -0.05) is 42.5 Å². The minimum atomic E-state index is -0.999. The van der Waals surface area contributed by atoms with E-state index in [4.69, 9.17) is 19.6 Å². The summed E-state index contributed by atoms with van der Waals surface area (Å²) >= 11 is 0. The van der Waals surface area contributed by atoms with Crippen molar-refractivity contribution in [3.63, 3.8) is 0 Å². The van der Waals surface area contributed by atoms with Crippen LogP contribution in [-0.4, -0.2) is 48.3 Å². The van der Waals surface area contributed by atoms with Gasteiger partial charge in [-0.05, 0) is 43.7 Å². The van der Waals surface area contributed by atoms with Gasteiger partial charge in [-0.2, -0.15) is 0 Å².